The van der Waals surface area contributed by atoms with Crippen LogP contribution in [0.4, 0.5) is 0 Å². The third-order valence-corrected chi connectivity index (χ3v) is 1.14. The van der Waals surface area contributed by atoms with Crippen LogP contribution in [0.3, 0.4) is 0 Å². The molecule has 0 unspecified atom stereocenters. The number of hydrogen-bond acceptors (Lipinski definition) is 2. The summed E-state index contributed by atoms with van der Waals surface area (Å²) in [6.07, 6.45) is -0.0243. The molecule has 0 bridgehead atoms. The molecule has 0 spiro atoms. The molecule has 1 radical (unpaired) electrons. The predicted molar refractivity (Wildman–Crippen MR) is 28.7 cm³/mol. The number of hydrogen-bond donors (Lipinski definition) is 1. The zero-order valence-corrected chi connectivity index (χ0v) is 4.71. The van der Waals surface area contributed by atoms with E-state index in [2.05, 4.69) is 5.32 Å². The molecule has 3 nitrogen and oxygen atoms in total. The van der Waals surface area contributed by atoms with Crippen molar-refractivity contribution < 1.29 is 9.84 Å². The number of ether oxygens (including phenoxy) is 1. The van der Waals surface area contributed by atoms with Crippen molar-refractivity contribution in [3.63, 3.8) is 0 Å². The summed E-state index contributed by atoms with van der Waals surface area (Å²) in [4.78, 5) is 0. The van der Waals surface area contributed by atoms with Gasteiger partial charge in [0.2, 0.25) is 0 Å². The molecule has 0 amide bonds. The molecule has 1 fully saturated rings. The second kappa shape index (κ2) is 3.02. The van der Waals surface area contributed by atoms with Gasteiger partial charge in [-0.25, -0.2) is 5.32 Å². The average Bonchev–Trinajstić information content (AvgIpc) is 1.90. The van der Waals surface area contributed by atoms with Crippen molar-refractivity contribution in [2.24, 2.45) is 0 Å². The van der Waals surface area contributed by atoms with Crippen molar-refractivity contribution >= 4 is 0 Å². The highest BCUT2D eigenvalue weighted by molar-refractivity contribution is 4.63. The van der Waals surface area contributed by atoms with E-state index >= 15 is 0 Å². The highest BCUT2D eigenvalue weighted by Crippen LogP contribution is 1.93. The first-order valence-electron chi connectivity index (χ1n) is 2.79. The number of rotatable bonds is 1. The monoisotopic (exact) mass is 116 g/mol. The molecule has 1 heterocycles. The van der Waals surface area contributed by atoms with Gasteiger partial charge in [-0.1, -0.05) is 0 Å². The molecule has 1 saturated heterocycles. The van der Waals surface area contributed by atoms with Gasteiger partial charge in [0.1, 0.15) is 0 Å². The molecule has 8 heavy (non-hydrogen) atoms. The van der Waals surface area contributed by atoms with E-state index in [-0.39, 0.29) is 12.7 Å². The summed E-state index contributed by atoms with van der Waals surface area (Å²) in [6.45, 7) is 2.22. The lowest BCUT2D eigenvalue weighted by atomic mass is 10.3. The van der Waals surface area contributed by atoms with E-state index in [1.807, 2.05) is 0 Å². The van der Waals surface area contributed by atoms with Gasteiger partial charge in [0.15, 0.2) is 0 Å². The minimum Gasteiger partial charge on any atom is -0.394 e. The molecule has 0 aromatic rings. The molecule has 0 aliphatic carbocycles. The van der Waals surface area contributed by atoms with Gasteiger partial charge in [0, 0.05) is 13.1 Å². The van der Waals surface area contributed by atoms with Crippen LogP contribution in [-0.4, -0.2) is 37.5 Å². The summed E-state index contributed by atoms with van der Waals surface area (Å²) in [5, 5.41) is 12.6. The van der Waals surface area contributed by atoms with Crippen LogP contribution in [0.1, 0.15) is 0 Å². The zero-order valence-electron chi connectivity index (χ0n) is 4.71. The van der Waals surface area contributed by atoms with E-state index in [0.29, 0.717) is 13.2 Å². The number of morpholine rings is 1. The highest BCUT2D eigenvalue weighted by Gasteiger charge is 2.11. The second-order valence-electron chi connectivity index (χ2n) is 1.81. The fraction of sp³-hybridized carbons (Fsp3) is 1.00. The van der Waals surface area contributed by atoms with Crippen LogP contribution < -0.4 is 5.32 Å². The van der Waals surface area contributed by atoms with E-state index in [1.54, 1.807) is 0 Å². The van der Waals surface area contributed by atoms with Crippen molar-refractivity contribution in [3.8, 4) is 0 Å². The Morgan fingerprint density at radius 2 is 2.62 bits per heavy atom. The van der Waals surface area contributed by atoms with Crippen LogP contribution >= 0.6 is 0 Å². The Balaban J connectivity index is 2.13. The third kappa shape index (κ3) is 1.43. The van der Waals surface area contributed by atoms with Crippen molar-refractivity contribution in [2.45, 2.75) is 6.10 Å². The van der Waals surface area contributed by atoms with Crippen LogP contribution in [0.2, 0.25) is 0 Å². The fourth-order valence-corrected chi connectivity index (χ4v) is 0.682. The summed E-state index contributed by atoms with van der Waals surface area (Å²) in [5.74, 6) is 0. The summed E-state index contributed by atoms with van der Waals surface area (Å²) in [5.41, 5.74) is 0. The van der Waals surface area contributed by atoms with Gasteiger partial charge >= 0.3 is 0 Å². The van der Waals surface area contributed by atoms with Crippen LogP contribution in [-0.2, 0) is 4.74 Å². The molecule has 0 saturated carbocycles. The van der Waals surface area contributed by atoms with Crippen molar-refractivity contribution in [2.75, 3.05) is 26.3 Å². The van der Waals surface area contributed by atoms with E-state index < -0.39 is 0 Å². The van der Waals surface area contributed by atoms with E-state index in [9.17, 15) is 0 Å². The summed E-state index contributed by atoms with van der Waals surface area (Å²) < 4.78 is 5.08. The van der Waals surface area contributed by atoms with Crippen LogP contribution in [0.5, 0.6) is 0 Å². The van der Waals surface area contributed by atoms with E-state index in [1.165, 1.54) is 0 Å². The van der Waals surface area contributed by atoms with Gasteiger partial charge in [-0.05, 0) is 0 Å². The SMILES string of the molecule is OC[C@H]1C[N]CCO1. The molecule has 0 aromatic heterocycles. The largest absolute Gasteiger partial charge is 0.394 e. The van der Waals surface area contributed by atoms with Gasteiger partial charge < -0.3 is 9.84 Å². The lowest BCUT2D eigenvalue weighted by molar-refractivity contribution is -0.00748. The predicted octanol–water partition coefficient (Wildman–Crippen LogP) is -1.02. The van der Waals surface area contributed by atoms with E-state index in [4.69, 9.17) is 9.84 Å². The normalized spacial score (nSPS) is 30.4. The standard InChI is InChI=1S/C5H10NO2/c7-4-5-3-6-1-2-8-5/h5,7H,1-4H2/t5-/m1/s1. The molecule has 1 N–H and O–H groups in total. The van der Waals surface area contributed by atoms with Gasteiger partial charge in [-0.3, -0.25) is 0 Å². The topological polar surface area (TPSA) is 43.6 Å². The fourth-order valence-electron chi connectivity index (χ4n) is 0.682. The Hall–Kier alpha value is -0.120. The lowest BCUT2D eigenvalue weighted by Crippen LogP contribution is -2.36. The molecule has 3 heteroatoms. The average molecular weight is 116 g/mol. The highest BCUT2D eigenvalue weighted by atomic mass is 16.5. The lowest BCUT2D eigenvalue weighted by Gasteiger charge is -2.19. The van der Waals surface area contributed by atoms with Crippen molar-refractivity contribution in [1.82, 2.24) is 5.32 Å². The van der Waals surface area contributed by atoms with Crippen LogP contribution in [0.15, 0.2) is 0 Å². The van der Waals surface area contributed by atoms with Crippen LogP contribution in [0.25, 0.3) is 0 Å². The maximum atomic E-state index is 8.51. The molecular formula is C5H10NO2. The smallest absolute Gasteiger partial charge is 0.0947 e. The molecule has 47 valence electrons. The quantitative estimate of drug-likeness (QED) is 0.476. The molecule has 1 aliphatic heterocycles. The van der Waals surface area contributed by atoms with Crippen molar-refractivity contribution in [3.05, 3.63) is 0 Å². The maximum Gasteiger partial charge on any atom is 0.0947 e. The van der Waals surface area contributed by atoms with Gasteiger partial charge in [-0.15, -0.1) is 0 Å². The summed E-state index contributed by atoms with van der Waals surface area (Å²) in [7, 11) is 0. The number of aliphatic hydroxyl groups excluding tert-OH is 1. The number of aliphatic hydroxyl groups is 1. The molecule has 1 aliphatic rings. The molecule has 0 aromatic carbocycles. The summed E-state index contributed by atoms with van der Waals surface area (Å²) >= 11 is 0. The minimum absolute atomic E-state index is 0.0243. The van der Waals surface area contributed by atoms with E-state index in [0.717, 1.165) is 6.54 Å². The second-order valence-corrected chi connectivity index (χ2v) is 1.81. The van der Waals surface area contributed by atoms with Crippen molar-refractivity contribution in [1.29, 1.82) is 0 Å². The molecular weight excluding hydrogens is 106 g/mol. The van der Waals surface area contributed by atoms with Gasteiger partial charge in [0.25, 0.3) is 0 Å². The minimum atomic E-state index is -0.0243. The third-order valence-electron chi connectivity index (χ3n) is 1.14. The first kappa shape index (κ1) is 6.01. The first-order valence-corrected chi connectivity index (χ1v) is 2.79. The summed E-state index contributed by atoms with van der Waals surface area (Å²) in [6, 6.07) is 0. The first-order chi connectivity index (χ1) is 3.93. The Morgan fingerprint density at radius 3 is 3.00 bits per heavy atom. The molecule has 1 atom stereocenters. The zero-order chi connectivity index (χ0) is 5.82. The number of nitrogens with zero attached hydrogens (tertiary/aromatic N) is 1. The Morgan fingerprint density at radius 1 is 1.75 bits per heavy atom. The van der Waals surface area contributed by atoms with Gasteiger partial charge in [-0.2, -0.15) is 0 Å². The maximum absolute atomic E-state index is 8.51. The Labute approximate surface area is 48.7 Å². The molecule has 1 rings (SSSR count). The van der Waals surface area contributed by atoms with Gasteiger partial charge in [0.05, 0.1) is 19.3 Å². The Bertz CT molecular complexity index is 61.4. The van der Waals surface area contributed by atoms with Crippen LogP contribution in [0, 0.1) is 0 Å². The Kier molecular flexibility index (Phi) is 2.27.